The summed E-state index contributed by atoms with van der Waals surface area (Å²) in [6.07, 6.45) is 1.54. The fourth-order valence-corrected chi connectivity index (χ4v) is 3.22. The second-order valence-electron chi connectivity index (χ2n) is 6.78. The molecule has 0 saturated heterocycles. The number of rotatable bonds is 6. The van der Waals surface area contributed by atoms with Crippen molar-refractivity contribution in [2.24, 2.45) is 5.73 Å². The number of benzene rings is 3. The van der Waals surface area contributed by atoms with Crippen LogP contribution in [0.25, 0.3) is 10.9 Å². The number of nitrogens with two attached hydrogens (primary N) is 1. The molecule has 3 amide bonds. The Morgan fingerprint density at radius 1 is 0.844 bits per heavy atom. The molecule has 1 aromatic heterocycles. The van der Waals surface area contributed by atoms with Gasteiger partial charge in [-0.1, -0.05) is 18.2 Å². The third-order valence-corrected chi connectivity index (χ3v) is 4.67. The maximum absolute atomic E-state index is 12.1. The summed E-state index contributed by atoms with van der Waals surface area (Å²) in [6, 6.07) is 20.8. The van der Waals surface area contributed by atoms with Crippen molar-refractivity contribution >= 4 is 34.2 Å². The van der Waals surface area contributed by atoms with Crippen LogP contribution < -0.4 is 25.8 Å². The number of methoxy groups -OCH3 is 1. The van der Waals surface area contributed by atoms with Gasteiger partial charge in [-0.3, -0.25) is 9.78 Å². The SMILES string of the molecule is COc1ccc2c(Oc3ccc(NC(=O)Nc4ccccc4)cc3)ccnc2c1C(N)=O. The average molecular weight is 428 g/mol. The number of fused-ring (bicyclic) bond motifs is 1. The minimum atomic E-state index is -0.638. The fraction of sp³-hybridized carbons (Fsp3) is 0.0417. The Morgan fingerprint density at radius 3 is 2.19 bits per heavy atom. The highest BCUT2D eigenvalue weighted by Crippen LogP contribution is 2.34. The van der Waals surface area contributed by atoms with Gasteiger partial charge >= 0.3 is 6.03 Å². The average Bonchev–Trinajstić information content (AvgIpc) is 2.80. The number of anilines is 2. The summed E-state index contributed by atoms with van der Waals surface area (Å²) in [5.41, 5.74) is 7.41. The van der Waals surface area contributed by atoms with Crippen LogP contribution in [-0.4, -0.2) is 24.0 Å². The molecular formula is C24H20N4O4. The molecule has 4 N–H and O–H groups in total. The first-order chi connectivity index (χ1) is 15.5. The molecule has 0 spiro atoms. The number of amides is 3. The van der Waals surface area contributed by atoms with Gasteiger partial charge in [0.15, 0.2) is 0 Å². The number of nitrogens with zero attached hydrogens (tertiary/aromatic N) is 1. The van der Waals surface area contributed by atoms with E-state index in [2.05, 4.69) is 15.6 Å². The number of primary amides is 1. The molecular weight excluding hydrogens is 408 g/mol. The van der Waals surface area contributed by atoms with Gasteiger partial charge < -0.3 is 25.8 Å². The van der Waals surface area contributed by atoms with Crippen molar-refractivity contribution in [2.45, 2.75) is 0 Å². The standard InChI is InChI=1S/C24H20N4O4/c1-31-20-12-11-18-19(13-14-26-22(18)21(20)23(25)29)32-17-9-7-16(8-10-17)28-24(30)27-15-5-3-2-4-6-15/h2-14H,1H3,(H2,25,29)(H2,27,28,30). The van der Waals surface area contributed by atoms with Crippen LogP contribution in [0.1, 0.15) is 10.4 Å². The first-order valence-electron chi connectivity index (χ1n) is 9.71. The van der Waals surface area contributed by atoms with E-state index < -0.39 is 5.91 Å². The zero-order valence-electron chi connectivity index (χ0n) is 17.2. The largest absolute Gasteiger partial charge is 0.496 e. The van der Waals surface area contributed by atoms with Gasteiger partial charge in [0.2, 0.25) is 0 Å². The monoisotopic (exact) mass is 428 g/mol. The van der Waals surface area contributed by atoms with E-state index >= 15 is 0 Å². The van der Waals surface area contributed by atoms with E-state index in [1.807, 2.05) is 18.2 Å². The maximum Gasteiger partial charge on any atom is 0.323 e. The van der Waals surface area contributed by atoms with Gasteiger partial charge in [-0.25, -0.2) is 4.79 Å². The van der Waals surface area contributed by atoms with Crippen molar-refractivity contribution in [3.63, 3.8) is 0 Å². The zero-order chi connectivity index (χ0) is 22.5. The van der Waals surface area contributed by atoms with Gasteiger partial charge in [0.25, 0.3) is 5.91 Å². The second kappa shape index (κ2) is 9.05. The predicted molar refractivity (Wildman–Crippen MR) is 122 cm³/mol. The lowest BCUT2D eigenvalue weighted by molar-refractivity contribution is 0.0999. The van der Waals surface area contributed by atoms with E-state index in [1.54, 1.807) is 54.6 Å². The molecule has 0 radical (unpaired) electrons. The van der Waals surface area contributed by atoms with Gasteiger partial charge in [0.1, 0.15) is 22.8 Å². The van der Waals surface area contributed by atoms with Crippen molar-refractivity contribution in [3.05, 3.63) is 84.6 Å². The van der Waals surface area contributed by atoms with Crippen molar-refractivity contribution < 1.29 is 19.1 Å². The van der Waals surface area contributed by atoms with Crippen LogP contribution in [0.3, 0.4) is 0 Å². The topological polar surface area (TPSA) is 116 Å². The third-order valence-electron chi connectivity index (χ3n) is 4.67. The molecule has 3 aromatic carbocycles. The number of pyridine rings is 1. The first kappa shape index (κ1) is 20.7. The van der Waals surface area contributed by atoms with E-state index in [0.29, 0.717) is 39.5 Å². The number of carbonyl (C=O) groups excluding carboxylic acids is 2. The molecule has 1 heterocycles. The van der Waals surface area contributed by atoms with E-state index in [1.165, 1.54) is 13.3 Å². The third kappa shape index (κ3) is 4.44. The predicted octanol–water partition coefficient (Wildman–Crippen LogP) is 4.78. The summed E-state index contributed by atoms with van der Waals surface area (Å²) in [6.45, 7) is 0. The highest BCUT2D eigenvalue weighted by atomic mass is 16.5. The fourth-order valence-electron chi connectivity index (χ4n) is 3.22. The Bertz CT molecular complexity index is 1270. The lowest BCUT2D eigenvalue weighted by Crippen LogP contribution is -2.19. The molecule has 0 unspecified atom stereocenters. The number of hydrogen-bond donors (Lipinski definition) is 3. The van der Waals surface area contributed by atoms with E-state index in [4.69, 9.17) is 15.2 Å². The number of para-hydroxylation sites is 1. The molecule has 0 aliphatic carbocycles. The number of nitrogens with one attached hydrogen (secondary N) is 2. The minimum absolute atomic E-state index is 0.194. The highest BCUT2D eigenvalue weighted by Gasteiger charge is 2.17. The summed E-state index contributed by atoms with van der Waals surface area (Å²) in [7, 11) is 1.46. The normalized spacial score (nSPS) is 10.4. The summed E-state index contributed by atoms with van der Waals surface area (Å²) < 4.78 is 11.2. The number of ether oxygens (including phenoxy) is 2. The van der Waals surface area contributed by atoms with Crippen LogP contribution >= 0.6 is 0 Å². The lowest BCUT2D eigenvalue weighted by atomic mass is 10.1. The van der Waals surface area contributed by atoms with Gasteiger partial charge in [-0.15, -0.1) is 0 Å². The van der Waals surface area contributed by atoms with Crippen molar-refractivity contribution in [3.8, 4) is 17.2 Å². The van der Waals surface area contributed by atoms with Gasteiger partial charge in [0, 0.05) is 23.0 Å². The van der Waals surface area contributed by atoms with Crippen molar-refractivity contribution in [1.29, 1.82) is 0 Å². The molecule has 0 aliphatic rings. The minimum Gasteiger partial charge on any atom is -0.496 e. The summed E-state index contributed by atoms with van der Waals surface area (Å²) in [5.74, 6) is 0.755. The van der Waals surface area contributed by atoms with Gasteiger partial charge in [-0.05, 0) is 54.6 Å². The molecule has 32 heavy (non-hydrogen) atoms. The molecule has 0 bridgehead atoms. The van der Waals surface area contributed by atoms with Crippen LogP contribution in [0.4, 0.5) is 16.2 Å². The molecule has 0 saturated carbocycles. The summed E-state index contributed by atoms with van der Waals surface area (Å²) in [4.78, 5) is 28.3. The number of carbonyl (C=O) groups is 2. The van der Waals surface area contributed by atoms with Crippen LogP contribution in [0.15, 0.2) is 79.0 Å². The van der Waals surface area contributed by atoms with Crippen molar-refractivity contribution in [2.75, 3.05) is 17.7 Å². The molecule has 160 valence electrons. The molecule has 4 aromatic rings. The number of aromatic nitrogens is 1. The van der Waals surface area contributed by atoms with E-state index in [0.717, 1.165) is 0 Å². The molecule has 4 rings (SSSR count). The molecule has 0 aliphatic heterocycles. The smallest absolute Gasteiger partial charge is 0.323 e. The van der Waals surface area contributed by atoms with E-state index in [9.17, 15) is 9.59 Å². The number of urea groups is 1. The van der Waals surface area contributed by atoms with Crippen molar-refractivity contribution in [1.82, 2.24) is 4.98 Å². The lowest BCUT2D eigenvalue weighted by Gasteiger charge is -2.13. The van der Waals surface area contributed by atoms with Gasteiger partial charge in [0.05, 0.1) is 12.6 Å². The Hall–Kier alpha value is -4.59. The Labute approximate surface area is 184 Å². The van der Waals surface area contributed by atoms with Crippen LogP contribution in [0.5, 0.6) is 17.2 Å². The van der Waals surface area contributed by atoms with E-state index in [-0.39, 0.29) is 11.6 Å². The zero-order valence-corrected chi connectivity index (χ0v) is 17.2. The van der Waals surface area contributed by atoms with Gasteiger partial charge in [-0.2, -0.15) is 0 Å². The second-order valence-corrected chi connectivity index (χ2v) is 6.78. The Kier molecular flexibility index (Phi) is 5.85. The van der Waals surface area contributed by atoms with Crippen LogP contribution in [-0.2, 0) is 0 Å². The Balaban J connectivity index is 1.52. The molecule has 8 heteroatoms. The molecule has 0 fully saturated rings. The number of hydrogen-bond acceptors (Lipinski definition) is 5. The quantitative estimate of drug-likeness (QED) is 0.409. The Morgan fingerprint density at radius 2 is 1.53 bits per heavy atom. The molecule has 0 atom stereocenters. The summed E-state index contributed by atoms with van der Waals surface area (Å²) in [5, 5.41) is 6.13. The first-order valence-corrected chi connectivity index (χ1v) is 9.71. The van der Waals surface area contributed by atoms with Crippen LogP contribution in [0, 0.1) is 0 Å². The molecule has 8 nitrogen and oxygen atoms in total. The maximum atomic E-state index is 12.1. The van der Waals surface area contributed by atoms with Crippen LogP contribution in [0.2, 0.25) is 0 Å². The highest BCUT2D eigenvalue weighted by molar-refractivity contribution is 6.08. The summed E-state index contributed by atoms with van der Waals surface area (Å²) >= 11 is 0.